The molecule has 0 aliphatic heterocycles. The summed E-state index contributed by atoms with van der Waals surface area (Å²) in [7, 11) is 0. The summed E-state index contributed by atoms with van der Waals surface area (Å²) < 4.78 is 1.54. The van der Waals surface area contributed by atoms with Crippen molar-refractivity contribution in [3.05, 3.63) is 22.6 Å². The molecule has 0 radical (unpaired) electrons. The van der Waals surface area contributed by atoms with Gasteiger partial charge in [-0.3, -0.25) is 4.79 Å². The van der Waals surface area contributed by atoms with Crippen LogP contribution in [-0.2, 0) is 6.54 Å². The molecule has 0 amide bonds. The standard InChI is InChI=1S/C12H19N3O/c1-2-3-7-15-12(16)8-11(9-13-15)14-10-5-4-6-10/h8-10,14H,2-7H2,1H3. The number of nitrogens with zero attached hydrogens (tertiary/aromatic N) is 2. The van der Waals surface area contributed by atoms with Crippen LogP contribution in [0.15, 0.2) is 17.1 Å². The molecule has 0 unspecified atom stereocenters. The first-order chi connectivity index (χ1) is 7.79. The zero-order valence-corrected chi connectivity index (χ0v) is 9.78. The Balaban J connectivity index is 2.00. The van der Waals surface area contributed by atoms with Gasteiger partial charge in [-0.25, -0.2) is 4.68 Å². The molecular weight excluding hydrogens is 202 g/mol. The molecule has 0 spiro atoms. The van der Waals surface area contributed by atoms with Gasteiger partial charge in [0.1, 0.15) is 0 Å². The van der Waals surface area contributed by atoms with E-state index in [9.17, 15) is 4.79 Å². The number of rotatable bonds is 5. The third-order valence-electron chi connectivity index (χ3n) is 3.07. The zero-order valence-electron chi connectivity index (χ0n) is 9.78. The molecule has 1 aliphatic rings. The van der Waals surface area contributed by atoms with Crippen molar-refractivity contribution in [1.82, 2.24) is 9.78 Å². The van der Waals surface area contributed by atoms with Crippen molar-refractivity contribution in [3.8, 4) is 0 Å². The fourth-order valence-corrected chi connectivity index (χ4v) is 1.78. The van der Waals surface area contributed by atoms with E-state index in [1.807, 2.05) is 0 Å². The minimum absolute atomic E-state index is 0.00206. The van der Waals surface area contributed by atoms with Gasteiger partial charge in [0.2, 0.25) is 0 Å². The Morgan fingerprint density at radius 3 is 2.94 bits per heavy atom. The van der Waals surface area contributed by atoms with Gasteiger partial charge in [-0.15, -0.1) is 0 Å². The lowest BCUT2D eigenvalue weighted by Gasteiger charge is -2.27. The maximum absolute atomic E-state index is 11.7. The Morgan fingerprint density at radius 2 is 2.38 bits per heavy atom. The lowest BCUT2D eigenvalue weighted by Crippen LogP contribution is -2.29. The highest BCUT2D eigenvalue weighted by atomic mass is 16.1. The molecule has 1 N–H and O–H groups in total. The summed E-state index contributed by atoms with van der Waals surface area (Å²) >= 11 is 0. The minimum Gasteiger partial charge on any atom is -0.381 e. The monoisotopic (exact) mass is 221 g/mol. The molecule has 1 fully saturated rings. The molecule has 16 heavy (non-hydrogen) atoms. The second-order valence-electron chi connectivity index (χ2n) is 4.43. The normalized spacial score (nSPS) is 15.8. The summed E-state index contributed by atoms with van der Waals surface area (Å²) in [6.07, 6.45) is 7.55. The quantitative estimate of drug-likeness (QED) is 0.827. The van der Waals surface area contributed by atoms with Crippen LogP contribution in [0.5, 0.6) is 0 Å². The Labute approximate surface area is 95.7 Å². The van der Waals surface area contributed by atoms with Gasteiger partial charge in [-0.2, -0.15) is 5.10 Å². The minimum atomic E-state index is -0.00206. The van der Waals surface area contributed by atoms with Crippen LogP contribution in [0.4, 0.5) is 5.69 Å². The summed E-state index contributed by atoms with van der Waals surface area (Å²) in [6.45, 7) is 2.83. The number of hydrogen-bond acceptors (Lipinski definition) is 3. The van der Waals surface area contributed by atoms with Gasteiger partial charge >= 0.3 is 0 Å². The third kappa shape index (κ3) is 2.62. The maximum Gasteiger partial charge on any atom is 0.268 e. The van der Waals surface area contributed by atoms with E-state index in [1.54, 1.807) is 12.3 Å². The molecule has 0 aromatic carbocycles. The Kier molecular flexibility index (Phi) is 3.59. The van der Waals surface area contributed by atoms with Gasteiger partial charge in [-0.1, -0.05) is 13.3 Å². The predicted octanol–water partition coefficient (Wildman–Crippen LogP) is 2.01. The Bertz CT molecular complexity index is 395. The largest absolute Gasteiger partial charge is 0.381 e. The number of nitrogens with one attached hydrogen (secondary N) is 1. The van der Waals surface area contributed by atoms with E-state index < -0.39 is 0 Å². The molecule has 1 saturated carbocycles. The SMILES string of the molecule is CCCCn1ncc(NC2CCC2)cc1=O. The molecule has 0 bridgehead atoms. The molecule has 1 aromatic rings. The van der Waals surface area contributed by atoms with Crippen LogP contribution in [0.2, 0.25) is 0 Å². The molecular formula is C12H19N3O. The van der Waals surface area contributed by atoms with Gasteiger partial charge in [0.25, 0.3) is 5.56 Å². The van der Waals surface area contributed by atoms with Crippen molar-refractivity contribution in [3.63, 3.8) is 0 Å². The van der Waals surface area contributed by atoms with E-state index in [0.717, 1.165) is 25.1 Å². The van der Waals surface area contributed by atoms with Crippen LogP contribution in [0, 0.1) is 0 Å². The highest BCUT2D eigenvalue weighted by Gasteiger charge is 2.17. The van der Waals surface area contributed by atoms with Crippen LogP contribution in [0.25, 0.3) is 0 Å². The summed E-state index contributed by atoms with van der Waals surface area (Å²) in [5.41, 5.74) is 0.861. The van der Waals surface area contributed by atoms with Crippen LogP contribution in [0.1, 0.15) is 39.0 Å². The summed E-state index contributed by atoms with van der Waals surface area (Å²) in [5.74, 6) is 0. The smallest absolute Gasteiger partial charge is 0.268 e. The molecule has 0 saturated heterocycles. The van der Waals surface area contributed by atoms with Gasteiger partial charge in [0, 0.05) is 18.7 Å². The van der Waals surface area contributed by atoms with Crippen molar-refractivity contribution in [2.24, 2.45) is 0 Å². The lowest BCUT2D eigenvalue weighted by molar-refractivity contribution is 0.444. The van der Waals surface area contributed by atoms with Gasteiger partial charge in [0.15, 0.2) is 0 Å². The van der Waals surface area contributed by atoms with E-state index in [1.165, 1.54) is 23.9 Å². The first-order valence-electron chi connectivity index (χ1n) is 6.13. The maximum atomic E-state index is 11.7. The molecule has 88 valence electrons. The Hall–Kier alpha value is -1.32. The van der Waals surface area contributed by atoms with E-state index in [2.05, 4.69) is 17.3 Å². The van der Waals surface area contributed by atoms with E-state index >= 15 is 0 Å². The number of aryl methyl sites for hydroxylation is 1. The topological polar surface area (TPSA) is 46.9 Å². The number of unbranched alkanes of at least 4 members (excludes halogenated alkanes) is 1. The Morgan fingerprint density at radius 1 is 1.56 bits per heavy atom. The summed E-state index contributed by atoms with van der Waals surface area (Å²) in [5, 5.41) is 7.50. The second kappa shape index (κ2) is 5.14. The summed E-state index contributed by atoms with van der Waals surface area (Å²) in [4.78, 5) is 11.7. The molecule has 2 rings (SSSR count). The predicted molar refractivity (Wildman–Crippen MR) is 64.7 cm³/mol. The van der Waals surface area contributed by atoms with E-state index in [0.29, 0.717) is 6.04 Å². The highest BCUT2D eigenvalue weighted by molar-refractivity contribution is 5.40. The zero-order chi connectivity index (χ0) is 11.4. The average molecular weight is 221 g/mol. The lowest BCUT2D eigenvalue weighted by atomic mass is 9.93. The first-order valence-corrected chi connectivity index (χ1v) is 6.13. The molecule has 4 nitrogen and oxygen atoms in total. The van der Waals surface area contributed by atoms with Crippen LogP contribution in [-0.4, -0.2) is 15.8 Å². The van der Waals surface area contributed by atoms with Crippen LogP contribution in [0.3, 0.4) is 0 Å². The average Bonchev–Trinajstić information content (AvgIpc) is 2.22. The van der Waals surface area contributed by atoms with Gasteiger partial charge in [0.05, 0.1) is 11.9 Å². The van der Waals surface area contributed by atoms with Crippen molar-refractivity contribution in [2.75, 3.05) is 5.32 Å². The fraction of sp³-hybridized carbons (Fsp3) is 0.667. The van der Waals surface area contributed by atoms with Crippen molar-refractivity contribution < 1.29 is 0 Å². The highest BCUT2D eigenvalue weighted by Crippen LogP contribution is 2.21. The number of hydrogen-bond donors (Lipinski definition) is 1. The van der Waals surface area contributed by atoms with Gasteiger partial charge < -0.3 is 5.32 Å². The third-order valence-corrected chi connectivity index (χ3v) is 3.07. The number of anilines is 1. The molecule has 1 heterocycles. The van der Waals surface area contributed by atoms with Crippen molar-refractivity contribution in [1.29, 1.82) is 0 Å². The van der Waals surface area contributed by atoms with Gasteiger partial charge in [-0.05, 0) is 25.7 Å². The van der Waals surface area contributed by atoms with Crippen molar-refractivity contribution in [2.45, 2.75) is 51.6 Å². The second-order valence-corrected chi connectivity index (χ2v) is 4.43. The molecule has 0 atom stereocenters. The fourth-order valence-electron chi connectivity index (χ4n) is 1.78. The van der Waals surface area contributed by atoms with E-state index in [-0.39, 0.29) is 5.56 Å². The van der Waals surface area contributed by atoms with E-state index in [4.69, 9.17) is 0 Å². The molecule has 1 aromatic heterocycles. The molecule has 4 heteroatoms. The van der Waals surface area contributed by atoms with Crippen LogP contribution < -0.4 is 10.9 Å². The molecule has 1 aliphatic carbocycles. The van der Waals surface area contributed by atoms with Crippen molar-refractivity contribution >= 4 is 5.69 Å². The summed E-state index contributed by atoms with van der Waals surface area (Å²) in [6, 6.07) is 2.20. The number of aromatic nitrogens is 2. The van der Waals surface area contributed by atoms with Crippen LogP contribution >= 0.6 is 0 Å². The first kappa shape index (κ1) is 11.2.